The summed E-state index contributed by atoms with van der Waals surface area (Å²) in [4.78, 5) is 29.2. The van der Waals surface area contributed by atoms with Gasteiger partial charge in [-0.15, -0.1) is 6.58 Å². The summed E-state index contributed by atoms with van der Waals surface area (Å²) in [6.07, 6.45) is 14.0. The number of amides is 1. The first kappa shape index (κ1) is 28.6. The number of rotatable bonds is 9. The number of nitrogens with one attached hydrogen (secondary N) is 1. The molecular weight excluding hydrogens is 490 g/mol. The lowest BCUT2D eigenvalue weighted by Crippen LogP contribution is -2.53. The first-order chi connectivity index (χ1) is 18.7. The molecule has 1 aliphatic heterocycles. The maximum Gasteiger partial charge on any atom is 0.300 e. The second-order valence-corrected chi connectivity index (χ2v) is 11.2. The van der Waals surface area contributed by atoms with Crippen LogP contribution in [0.5, 0.6) is 0 Å². The molecule has 3 aromatic rings. The molecular formula is C31H43N5O3. The van der Waals surface area contributed by atoms with Gasteiger partial charge in [0.2, 0.25) is 5.91 Å². The number of nitrogens with zero attached hydrogens (tertiary/aromatic N) is 4. The fourth-order valence-electron chi connectivity index (χ4n) is 6.46. The van der Waals surface area contributed by atoms with Gasteiger partial charge in [-0.3, -0.25) is 14.5 Å². The second kappa shape index (κ2) is 12.6. The molecule has 0 saturated carbocycles. The highest BCUT2D eigenvalue weighted by Crippen LogP contribution is 2.45. The Morgan fingerprint density at radius 3 is 2.72 bits per heavy atom. The van der Waals surface area contributed by atoms with Crippen molar-refractivity contribution in [2.45, 2.75) is 77.4 Å². The minimum Gasteiger partial charge on any atom is -0.481 e. The Kier molecular flexibility index (Phi) is 9.28. The van der Waals surface area contributed by atoms with Gasteiger partial charge in [-0.1, -0.05) is 31.6 Å². The first-order valence-electron chi connectivity index (χ1n) is 14.2. The summed E-state index contributed by atoms with van der Waals surface area (Å²) in [6, 6.07) is 7.84. The fraction of sp³-hybridized carbons (Fsp3) is 0.516. The number of aromatic nitrogens is 3. The van der Waals surface area contributed by atoms with Crippen molar-refractivity contribution in [3.63, 3.8) is 0 Å². The number of carboxylic acids is 1. The van der Waals surface area contributed by atoms with Gasteiger partial charge in [0.15, 0.2) is 0 Å². The highest BCUT2D eigenvalue weighted by molar-refractivity contribution is 5.89. The minimum absolute atomic E-state index is 0.0229. The van der Waals surface area contributed by atoms with Crippen molar-refractivity contribution < 1.29 is 14.7 Å². The molecule has 8 heteroatoms. The average molecular weight is 534 g/mol. The molecule has 1 saturated heterocycles. The van der Waals surface area contributed by atoms with Crippen molar-refractivity contribution in [2.75, 3.05) is 19.6 Å². The van der Waals surface area contributed by atoms with Crippen molar-refractivity contribution in [2.24, 2.45) is 5.92 Å². The molecule has 1 aromatic carbocycles. The Balaban J connectivity index is 0.000000826. The van der Waals surface area contributed by atoms with E-state index in [1.165, 1.54) is 22.0 Å². The van der Waals surface area contributed by atoms with Crippen molar-refractivity contribution in [3.05, 3.63) is 66.9 Å². The van der Waals surface area contributed by atoms with Gasteiger partial charge in [0.1, 0.15) is 0 Å². The number of imidazole rings is 1. The highest BCUT2D eigenvalue weighted by atomic mass is 16.4. The molecule has 4 atom stereocenters. The largest absolute Gasteiger partial charge is 0.481 e. The number of likely N-dealkylation sites (tertiary alicyclic amines) is 1. The van der Waals surface area contributed by atoms with Gasteiger partial charge in [-0.25, -0.2) is 4.98 Å². The lowest BCUT2D eigenvalue weighted by atomic mass is 9.72. The van der Waals surface area contributed by atoms with E-state index in [1.54, 1.807) is 0 Å². The third-order valence-corrected chi connectivity index (χ3v) is 8.10. The topological polar surface area (TPSA) is 92.4 Å². The summed E-state index contributed by atoms with van der Waals surface area (Å²) in [5.41, 5.74) is 4.20. The number of hydrogen-bond acceptors (Lipinski definition) is 4. The van der Waals surface area contributed by atoms with Gasteiger partial charge < -0.3 is 19.6 Å². The predicted octanol–water partition coefficient (Wildman–Crippen LogP) is 5.18. The minimum atomic E-state index is -0.833. The second-order valence-electron chi connectivity index (χ2n) is 11.2. The van der Waals surface area contributed by atoms with Crippen LogP contribution in [0.1, 0.15) is 76.1 Å². The molecule has 2 unspecified atom stereocenters. The Morgan fingerprint density at radius 1 is 1.31 bits per heavy atom. The van der Waals surface area contributed by atoms with Gasteiger partial charge in [0, 0.05) is 74.1 Å². The van der Waals surface area contributed by atoms with Crippen LogP contribution in [0.25, 0.3) is 10.9 Å². The quantitative estimate of drug-likeness (QED) is 0.370. The van der Waals surface area contributed by atoms with E-state index in [0.29, 0.717) is 24.5 Å². The van der Waals surface area contributed by atoms with Crippen molar-refractivity contribution in [3.8, 4) is 0 Å². The zero-order valence-electron chi connectivity index (χ0n) is 23.7. The lowest BCUT2D eigenvalue weighted by molar-refractivity contribution is -0.134. The lowest BCUT2D eigenvalue weighted by Gasteiger charge is -2.46. The maximum absolute atomic E-state index is 13.5. The molecule has 2 aromatic heterocycles. The SMILES string of the molecule is C=CCN1C[C@H](C(=O)NCC(CCC)n2ccnc2)CC2c3cccc4c3c(cn4C(C)C)C[C@H]21.CC(=O)O. The monoisotopic (exact) mass is 533 g/mol. The van der Waals surface area contributed by atoms with E-state index in [-0.39, 0.29) is 17.9 Å². The molecule has 3 heterocycles. The molecule has 210 valence electrons. The van der Waals surface area contributed by atoms with E-state index in [0.717, 1.165) is 45.7 Å². The third-order valence-electron chi connectivity index (χ3n) is 8.10. The predicted molar refractivity (Wildman–Crippen MR) is 155 cm³/mol. The van der Waals surface area contributed by atoms with Crippen molar-refractivity contribution in [1.82, 2.24) is 24.3 Å². The van der Waals surface area contributed by atoms with Crippen LogP contribution in [0.2, 0.25) is 0 Å². The van der Waals surface area contributed by atoms with Crippen LogP contribution in [-0.4, -0.2) is 61.7 Å². The number of fused-ring (bicyclic) bond motifs is 2. The van der Waals surface area contributed by atoms with Crippen molar-refractivity contribution >= 4 is 22.8 Å². The Bertz CT molecular complexity index is 1270. The number of hydrogen-bond donors (Lipinski definition) is 2. The van der Waals surface area contributed by atoms with Gasteiger partial charge >= 0.3 is 0 Å². The van der Waals surface area contributed by atoms with Crippen LogP contribution in [0, 0.1) is 5.92 Å². The zero-order chi connectivity index (χ0) is 28.1. The molecule has 1 fully saturated rings. The number of benzene rings is 1. The third kappa shape index (κ3) is 6.27. The maximum atomic E-state index is 13.5. The van der Waals surface area contributed by atoms with E-state index in [9.17, 15) is 4.79 Å². The van der Waals surface area contributed by atoms with E-state index < -0.39 is 5.97 Å². The molecule has 5 rings (SSSR count). The number of piperidine rings is 1. The Morgan fingerprint density at radius 2 is 2.08 bits per heavy atom. The summed E-state index contributed by atoms with van der Waals surface area (Å²) in [7, 11) is 0. The van der Waals surface area contributed by atoms with E-state index >= 15 is 0 Å². The molecule has 0 bridgehead atoms. The molecule has 0 spiro atoms. The molecule has 1 amide bonds. The van der Waals surface area contributed by atoms with Crippen LogP contribution in [-0.2, 0) is 16.0 Å². The zero-order valence-corrected chi connectivity index (χ0v) is 23.7. The Labute approximate surface area is 231 Å². The standard InChI is InChI=1S/C29H39N5O.C2H4O2/c1-5-8-23(33-13-11-30-19-33)16-31-29(35)22-14-25-24-9-7-10-26-28(24)21(18-34(26)20(3)4)15-27(25)32(17-22)12-6-2;1-2(3)4/h6-7,9-11,13,18-20,22-23,25,27H,2,5,8,12,14-17H2,1,3-4H3,(H,31,35);1H3,(H,3,4)/t22-,23?,25?,27-;/m1./s1. The fourth-order valence-corrected chi connectivity index (χ4v) is 6.46. The van der Waals surface area contributed by atoms with Crippen LogP contribution >= 0.6 is 0 Å². The normalized spacial score (nSPS) is 21.1. The van der Waals surface area contributed by atoms with Crippen molar-refractivity contribution in [1.29, 1.82) is 0 Å². The first-order valence-corrected chi connectivity index (χ1v) is 14.2. The number of carbonyl (C=O) groups is 2. The van der Waals surface area contributed by atoms with E-state index in [1.807, 2.05) is 24.8 Å². The molecule has 0 radical (unpaired) electrons. The number of carboxylic acid groups (broad SMARTS) is 1. The number of carbonyl (C=O) groups excluding carboxylic acids is 1. The highest BCUT2D eigenvalue weighted by Gasteiger charge is 2.42. The molecule has 2 aliphatic rings. The summed E-state index contributed by atoms with van der Waals surface area (Å²) >= 11 is 0. The molecule has 8 nitrogen and oxygen atoms in total. The molecule has 1 aliphatic carbocycles. The summed E-state index contributed by atoms with van der Waals surface area (Å²) in [5.74, 6) is -0.319. The van der Waals surface area contributed by atoms with Gasteiger partial charge in [0.25, 0.3) is 5.97 Å². The van der Waals surface area contributed by atoms with Crippen LogP contribution < -0.4 is 5.32 Å². The molecule has 39 heavy (non-hydrogen) atoms. The van der Waals surface area contributed by atoms with Crippen LogP contribution in [0.4, 0.5) is 0 Å². The van der Waals surface area contributed by atoms with E-state index in [4.69, 9.17) is 9.90 Å². The van der Waals surface area contributed by atoms with Crippen LogP contribution in [0.3, 0.4) is 0 Å². The summed E-state index contributed by atoms with van der Waals surface area (Å²) in [5, 5.41) is 12.1. The average Bonchev–Trinajstić information content (AvgIpc) is 3.56. The van der Waals surface area contributed by atoms with Gasteiger partial charge in [-0.05, 0) is 50.3 Å². The van der Waals surface area contributed by atoms with E-state index in [2.05, 4.69) is 76.1 Å². The van der Waals surface area contributed by atoms with Gasteiger partial charge in [-0.2, -0.15) is 0 Å². The Hall–Kier alpha value is -3.39. The van der Waals surface area contributed by atoms with Crippen LogP contribution in [0.15, 0.2) is 55.8 Å². The number of aliphatic carboxylic acids is 1. The molecule has 2 N–H and O–H groups in total. The smallest absolute Gasteiger partial charge is 0.300 e. The van der Waals surface area contributed by atoms with Gasteiger partial charge in [0.05, 0.1) is 18.3 Å². The summed E-state index contributed by atoms with van der Waals surface area (Å²) in [6.45, 7) is 14.0. The summed E-state index contributed by atoms with van der Waals surface area (Å²) < 4.78 is 4.53.